The van der Waals surface area contributed by atoms with Gasteiger partial charge in [-0.3, -0.25) is 0 Å². The van der Waals surface area contributed by atoms with Crippen molar-refractivity contribution in [3.8, 4) is 0 Å². The van der Waals surface area contributed by atoms with Gasteiger partial charge in [-0.2, -0.15) is 0 Å². The van der Waals surface area contributed by atoms with Crippen molar-refractivity contribution in [1.29, 1.82) is 0 Å². The van der Waals surface area contributed by atoms with E-state index in [1.807, 2.05) is 18.2 Å². The zero-order chi connectivity index (χ0) is 10.2. The van der Waals surface area contributed by atoms with Gasteiger partial charge in [0.15, 0.2) is 0 Å². The van der Waals surface area contributed by atoms with E-state index in [2.05, 4.69) is 18.5 Å². The van der Waals surface area contributed by atoms with Crippen LogP contribution in [0.15, 0.2) is 37.0 Å². The molecule has 1 heteroatoms. The maximum absolute atomic E-state index is 3.79. The van der Waals surface area contributed by atoms with Crippen LogP contribution in [0.1, 0.15) is 32.1 Å². The predicted octanol–water partition coefficient (Wildman–Crippen LogP) is 3.21. The Balaban J connectivity index is 2.26. The summed E-state index contributed by atoms with van der Waals surface area (Å²) in [6, 6.07) is 0.719. The molecule has 0 amide bonds. The smallest absolute Gasteiger partial charge is 0.0207 e. The van der Waals surface area contributed by atoms with E-state index in [0.717, 1.165) is 12.6 Å². The lowest BCUT2D eigenvalue weighted by atomic mass is 9.95. The minimum atomic E-state index is 0.719. The van der Waals surface area contributed by atoms with E-state index in [9.17, 15) is 0 Å². The minimum absolute atomic E-state index is 0.719. The number of nitrogens with one attached hydrogen (secondary N) is 1. The largest absolute Gasteiger partial charge is 0.310 e. The van der Waals surface area contributed by atoms with E-state index < -0.39 is 0 Å². The Morgan fingerprint density at radius 1 is 1.21 bits per heavy atom. The van der Waals surface area contributed by atoms with Gasteiger partial charge in [0.2, 0.25) is 0 Å². The van der Waals surface area contributed by atoms with Crippen LogP contribution in [0.3, 0.4) is 0 Å². The molecule has 1 rings (SSSR count). The van der Waals surface area contributed by atoms with Gasteiger partial charge in [-0.05, 0) is 18.4 Å². The van der Waals surface area contributed by atoms with Crippen molar-refractivity contribution in [2.24, 2.45) is 0 Å². The topological polar surface area (TPSA) is 12.0 Å². The van der Waals surface area contributed by atoms with E-state index in [0.29, 0.717) is 0 Å². The van der Waals surface area contributed by atoms with Crippen LogP contribution in [0.4, 0.5) is 0 Å². The summed E-state index contributed by atoms with van der Waals surface area (Å²) in [4.78, 5) is 0. The first-order valence-corrected chi connectivity index (χ1v) is 5.54. The SMILES string of the molecule is C=C/C=C(\C=C)CNC1CCCCC1. The molecule has 1 saturated carbocycles. The monoisotopic (exact) mass is 191 g/mol. The lowest BCUT2D eigenvalue weighted by molar-refractivity contribution is 0.383. The van der Waals surface area contributed by atoms with Crippen LogP contribution in [0.2, 0.25) is 0 Å². The fraction of sp³-hybridized carbons (Fsp3) is 0.538. The molecule has 0 saturated heterocycles. The number of rotatable bonds is 5. The molecule has 0 unspecified atom stereocenters. The Kier molecular flexibility index (Phi) is 5.31. The second kappa shape index (κ2) is 6.61. The van der Waals surface area contributed by atoms with Crippen molar-refractivity contribution < 1.29 is 0 Å². The van der Waals surface area contributed by atoms with E-state index in [-0.39, 0.29) is 0 Å². The lowest BCUT2D eigenvalue weighted by Crippen LogP contribution is -2.32. The Morgan fingerprint density at radius 3 is 2.50 bits per heavy atom. The first-order chi connectivity index (χ1) is 6.86. The molecular weight excluding hydrogens is 170 g/mol. The molecule has 0 aromatic carbocycles. The maximum Gasteiger partial charge on any atom is 0.0207 e. The highest BCUT2D eigenvalue weighted by Crippen LogP contribution is 2.17. The molecule has 0 aromatic rings. The van der Waals surface area contributed by atoms with Crippen molar-refractivity contribution in [2.75, 3.05) is 6.54 Å². The number of hydrogen-bond donors (Lipinski definition) is 1. The highest BCUT2D eigenvalue weighted by atomic mass is 14.9. The van der Waals surface area contributed by atoms with Gasteiger partial charge >= 0.3 is 0 Å². The van der Waals surface area contributed by atoms with Crippen LogP contribution in [0.25, 0.3) is 0 Å². The van der Waals surface area contributed by atoms with Crippen LogP contribution in [-0.2, 0) is 0 Å². The van der Waals surface area contributed by atoms with Gasteiger partial charge in [0.05, 0.1) is 0 Å². The van der Waals surface area contributed by atoms with Crippen molar-refractivity contribution in [1.82, 2.24) is 5.32 Å². The van der Waals surface area contributed by atoms with Gasteiger partial charge in [-0.15, -0.1) is 0 Å². The molecule has 78 valence electrons. The Bertz CT molecular complexity index is 209. The molecule has 1 aliphatic carbocycles. The number of allylic oxidation sites excluding steroid dienone is 2. The molecular formula is C13H21N. The molecule has 0 atom stereocenters. The summed E-state index contributed by atoms with van der Waals surface area (Å²) in [5, 5.41) is 3.57. The van der Waals surface area contributed by atoms with E-state index >= 15 is 0 Å². The lowest BCUT2D eigenvalue weighted by Gasteiger charge is -2.23. The predicted molar refractivity (Wildman–Crippen MR) is 63.4 cm³/mol. The molecule has 0 radical (unpaired) electrons. The van der Waals surface area contributed by atoms with Gasteiger partial charge in [0.1, 0.15) is 0 Å². The average molecular weight is 191 g/mol. The summed E-state index contributed by atoms with van der Waals surface area (Å²) >= 11 is 0. The molecule has 0 aliphatic heterocycles. The first kappa shape index (κ1) is 11.3. The third-order valence-electron chi connectivity index (χ3n) is 2.79. The first-order valence-electron chi connectivity index (χ1n) is 5.54. The third-order valence-corrected chi connectivity index (χ3v) is 2.79. The summed E-state index contributed by atoms with van der Waals surface area (Å²) in [6.45, 7) is 8.41. The Hall–Kier alpha value is -0.820. The van der Waals surface area contributed by atoms with Gasteiger partial charge in [0, 0.05) is 12.6 Å². The zero-order valence-electron chi connectivity index (χ0n) is 8.97. The Morgan fingerprint density at radius 2 is 1.93 bits per heavy atom. The molecule has 1 aliphatic rings. The summed E-state index contributed by atoms with van der Waals surface area (Å²) < 4.78 is 0. The summed E-state index contributed by atoms with van der Waals surface area (Å²) in [5.74, 6) is 0. The second-order valence-corrected chi connectivity index (χ2v) is 3.90. The van der Waals surface area contributed by atoms with Gasteiger partial charge in [-0.25, -0.2) is 0 Å². The normalized spacial score (nSPS) is 19.3. The number of hydrogen-bond acceptors (Lipinski definition) is 1. The van der Waals surface area contributed by atoms with Gasteiger partial charge in [0.25, 0.3) is 0 Å². The van der Waals surface area contributed by atoms with Crippen LogP contribution >= 0.6 is 0 Å². The summed E-state index contributed by atoms with van der Waals surface area (Å²) in [5.41, 5.74) is 1.23. The average Bonchev–Trinajstić information content (AvgIpc) is 2.25. The van der Waals surface area contributed by atoms with Crippen molar-refractivity contribution in [3.05, 3.63) is 37.0 Å². The molecule has 0 heterocycles. The van der Waals surface area contributed by atoms with Crippen molar-refractivity contribution in [2.45, 2.75) is 38.1 Å². The van der Waals surface area contributed by atoms with E-state index in [4.69, 9.17) is 0 Å². The summed E-state index contributed by atoms with van der Waals surface area (Å²) in [6.07, 6.45) is 12.6. The molecule has 0 aromatic heterocycles. The minimum Gasteiger partial charge on any atom is -0.310 e. The molecule has 0 bridgehead atoms. The molecule has 14 heavy (non-hydrogen) atoms. The molecule has 1 nitrogen and oxygen atoms in total. The zero-order valence-corrected chi connectivity index (χ0v) is 8.97. The molecule has 0 spiro atoms. The fourth-order valence-electron chi connectivity index (χ4n) is 1.92. The van der Waals surface area contributed by atoms with Crippen molar-refractivity contribution in [3.63, 3.8) is 0 Å². The highest BCUT2D eigenvalue weighted by Gasteiger charge is 2.11. The van der Waals surface area contributed by atoms with Crippen LogP contribution in [0, 0.1) is 0 Å². The van der Waals surface area contributed by atoms with E-state index in [1.165, 1.54) is 37.7 Å². The van der Waals surface area contributed by atoms with E-state index in [1.54, 1.807) is 0 Å². The quantitative estimate of drug-likeness (QED) is 0.658. The van der Waals surface area contributed by atoms with Gasteiger partial charge < -0.3 is 5.32 Å². The molecule has 1 fully saturated rings. The highest BCUT2D eigenvalue weighted by molar-refractivity contribution is 5.22. The standard InChI is InChI=1S/C13H21N/c1-3-8-12(4-2)11-14-13-9-6-5-7-10-13/h3-4,8,13-14H,1-2,5-7,9-11H2/b12-8+. The second-order valence-electron chi connectivity index (χ2n) is 3.90. The van der Waals surface area contributed by atoms with Crippen molar-refractivity contribution >= 4 is 0 Å². The Labute approximate surface area is 87.6 Å². The van der Waals surface area contributed by atoms with Crippen LogP contribution < -0.4 is 5.32 Å². The van der Waals surface area contributed by atoms with Crippen LogP contribution in [0.5, 0.6) is 0 Å². The maximum atomic E-state index is 3.79. The summed E-state index contributed by atoms with van der Waals surface area (Å²) in [7, 11) is 0. The fourth-order valence-corrected chi connectivity index (χ4v) is 1.92. The van der Waals surface area contributed by atoms with Gasteiger partial charge in [-0.1, -0.05) is 50.6 Å². The molecule has 1 N–H and O–H groups in total. The van der Waals surface area contributed by atoms with Crippen LogP contribution in [-0.4, -0.2) is 12.6 Å². The third kappa shape index (κ3) is 3.93.